The molecule has 0 saturated carbocycles. The number of nitrogens with zero attached hydrogens (tertiary/aromatic N) is 3. The van der Waals surface area contributed by atoms with Crippen LogP contribution in [0.2, 0.25) is 0 Å². The molecule has 0 amide bonds. The van der Waals surface area contributed by atoms with E-state index in [1.165, 1.54) is 0 Å². The normalized spacial score (nSPS) is 27.3. The minimum Gasteiger partial charge on any atom is -0.377 e. The van der Waals surface area contributed by atoms with Gasteiger partial charge in [-0.1, -0.05) is 0 Å². The molecule has 1 aromatic heterocycles. The van der Waals surface area contributed by atoms with Crippen LogP contribution in [-0.4, -0.2) is 72.2 Å². The first kappa shape index (κ1) is 14.9. The standard InChI is InChI=1S/C14H24N4O3/c1-11-15-14(17-16-11)13-9-18(5-8-21-13)4-7-19-10-12-3-2-6-20-12/h12-13H,2-10H2,1H3,(H,15,16,17)/t12-,13-/m0/s1. The first-order valence-electron chi connectivity index (χ1n) is 7.73. The Hall–Kier alpha value is -1.02. The summed E-state index contributed by atoms with van der Waals surface area (Å²) in [5.41, 5.74) is 0. The van der Waals surface area contributed by atoms with Crippen molar-refractivity contribution in [3.05, 3.63) is 11.6 Å². The molecular formula is C14H24N4O3. The van der Waals surface area contributed by atoms with Crippen molar-refractivity contribution in [2.75, 3.05) is 46.1 Å². The van der Waals surface area contributed by atoms with E-state index in [-0.39, 0.29) is 6.10 Å². The van der Waals surface area contributed by atoms with E-state index in [1.807, 2.05) is 6.92 Å². The molecule has 2 fully saturated rings. The van der Waals surface area contributed by atoms with E-state index >= 15 is 0 Å². The van der Waals surface area contributed by atoms with Gasteiger partial charge in [-0.25, -0.2) is 4.98 Å². The van der Waals surface area contributed by atoms with Crippen molar-refractivity contribution in [1.29, 1.82) is 0 Å². The number of ether oxygens (including phenoxy) is 3. The molecule has 0 radical (unpaired) electrons. The van der Waals surface area contributed by atoms with Gasteiger partial charge in [0.15, 0.2) is 5.82 Å². The van der Waals surface area contributed by atoms with Crippen LogP contribution < -0.4 is 0 Å². The third kappa shape index (κ3) is 4.23. The lowest BCUT2D eigenvalue weighted by atomic mass is 10.2. The zero-order valence-electron chi connectivity index (χ0n) is 12.6. The van der Waals surface area contributed by atoms with Crippen molar-refractivity contribution in [3.8, 4) is 0 Å². The van der Waals surface area contributed by atoms with Gasteiger partial charge in [0.05, 0.1) is 25.9 Å². The Morgan fingerprint density at radius 3 is 3.10 bits per heavy atom. The average molecular weight is 296 g/mol. The van der Waals surface area contributed by atoms with Gasteiger partial charge < -0.3 is 14.2 Å². The van der Waals surface area contributed by atoms with Crippen molar-refractivity contribution in [1.82, 2.24) is 20.1 Å². The highest BCUT2D eigenvalue weighted by molar-refractivity contribution is 4.95. The Kier molecular flexibility index (Phi) is 5.18. The Bertz CT molecular complexity index is 434. The predicted octanol–water partition coefficient (Wildman–Crippen LogP) is 0.682. The second-order valence-electron chi connectivity index (χ2n) is 5.65. The fraction of sp³-hybridized carbons (Fsp3) is 0.857. The van der Waals surface area contributed by atoms with Gasteiger partial charge in [0.2, 0.25) is 0 Å². The fourth-order valence-corrected chi connectivity index (χ4v) is 2.75. The van der Waals surface area contributed by atoms with E-state index in [0.29, 0.717) is 19.3 Å². The maximum atomic E-state index is 5.75. The van der Waals surface area contributed by atoms with Gasteiger partial charge in [-0.2, -0.15) is 5.10 Å². The van der Waals surface area contributed by atoms with Crippen LogP contribution in [0.1, 0.15) is 30.6 Å². The lowest BCUT2D eigenvalue weighted by molar-refractivity contribution is -0.0467. The molecule has 2 aliphatic heterocycles. The summed E-state index contributed by atoms with van der Waals surface area (Å²) in [6.07, 6.45) is 2.56. The van der Waals surface area contributed by atoms with E-state index in [4.69, 9.17) is 14.2 Å². The molecule has 3 rings (SSSR count). The van der Waals surface area contributed by atoms with E-state index in [9.17, 15) is 0 Å². The lowest BCUT2D eigenvalue weighted by Gasteiger charge is -2.31. The summed E-state index contributed by atoms with van der Waals surface area (Å²) in [4.78, 5) is 6.69. The van der Waals surface area contributed by atoms with Gasteiger partial charge in [0.25, 0.3) is 0 Å². The highest BCUT2D eigenvalue weighted by Gasteiger charge is 2.25. The molecule has 118 valence electrons. The van der Waals surface area contributed by atoms with Crippen molar-refractivity contribution in [2.24, 2.45) is 0 Å². The number of nitrogens with one attached hydrogen (secondary N) is 1. The SMILES string of the molecule is Cc1nc([C@@H]2CN(CCOC[C@@H]3CCCO3)CCO2)n[nH]1. The summed E-state index contributed by atoms with van der Waals surface area (Å²) < 4.78 is 17.0. The molecule has 0 aliphatic carbocycles. The number of hydrogen-bond donors (Lipinski definition) is 1. The molecule has 7 nitrogen and oxygen atoms in total. The molecule has 0 aromatic carbocycles. The van der Waals surface area contributed by atoms with Crippen LogP contribution in [0.15, 0.2) is 0 Å². The molecule has 7 heteroatoms. The van der Waals surface area contributed by atoms with Crippen molar-refractivity contribution in [2.45, 2.75) is 32.0 Å². The van der Waals surface area contributed by atoms with Crippen LogP contribution >= 0.6 is 0 Å². The predicted molar refractivity (Wildman–Crippen MR) is 76.0 cm³/mol. The van der Waals surface area contributed by atoms with Crippen LogP contribution in [-0.2, 0) is 14.2 Å². The monoisotopic (exact) mass is 296 g/mol. The van der Waals surface area contributed by atoms with E-state index in [2.05, 4.69) is 20.1 Å². The van der Waals surface area contributed by atoms with Gasteiger partial charge in [0.1, 0.15) is 11.9 Å². The van der Waals surface area contributed by atoms with Gasteiger partial charge >= 0.3 is 0 Å². The number of rotatable bonds is 6. The molecule has 21 heavy (non-hydrogen) atoms. The molecule has 3 heterocycles. The number of aryl methyl sites for hydroxylation is 1. The Morgan fingerprint density at radius 2 is 2.33 bits per heavy atom. The molecular weight excluding hydrogens is 272 g/mol. The van der Waals surface area contributed by atoms with Crippen LogP contribution in [0.3, 0.4) is 0 Å². The zero-order chi connectivity index (χ0) is 14.5. The highest BCUT2D eigenvalue weighted by Crippen LogP contribution is 2.18. The molecule has 1 aromatic rings. The Labute approximate surface area is 125 Å². The molecule has 0 unspecified atom stereocenters. The summed E-state index contributed by atoms with van der Waals surface area (Å²) in [5, 5.41) is 7.05. The third-order valence-electron chi connectivity index (χ3n) is 3.93. The summed E-state index contributed by atoms with van der Waals surface area (Å²) in [6.45, 7) is 7.61. The summed E-state index contributed by atoms with van der Waals surface area (Å²) in [5.74, 6) is 1.57. The van der Waals surface area contributed by atoms with Crippen molar-refractivity contribution in [3.63, 3.8) is 0 Å². The minimum absolute atomic E-state index is 0.0399. The topological polar surface area (TPSA) is 72.5 Å². The first-order chi connectivity index (χ1) is 10.3. The van der Waals surface area contributed by atoms with E-state index in [0.717, 1.165) is 57.3 Å². The number of hydrogen-bond acceptors (Lipinski definition) is 6. The number of H-pyrrole nitrogens is 1. The largest absolute Gasteiger partial charge is 0.377 e. The number of morpholine rings is 1. The third-order valence-corrected chi connectivity index (χ3v) is 3.93. The second kappa shape index (κ2) is 7.31. The van der Waals surface area contributed by atoms with Crippen LogP contribution in [0, 0.1) is 6.92 Å². The van der Waals surface area contributed by atoms with Gasteiger partial charge in [0, 0.05) is 26.2 Å². The molecule has 2 aliphatic rings. The first-order valence-corrected chi connectivity index (χ1v) is 7.73. The molecule has 0 bridgehead atoms. The maximum Gasteiger partial charge on any atom is 0.180 e. The lowest BCUT2D eigenvalue weighted by Crippen LogP contribution is -2.40. The molecule has 2 saturated heterocycles. The van der Waals surface area contributed by atoms with Crippen LogP contribution in [0.5, 0.6) is 0 Å². The average Bonchev–Trinajstić information content (AvgIpc) is 3.15. The van der Waals surface area contributed by atoms with E-state index in [1.54, 1.807) is 0 Å². The van der Waals surface area contributed by atoms with E-state index < -0.39 is 0 Å². The Balaban J connectivity index is 1.37. The summed E-state index contributed by atoms with van der Waals surface area (Å²) in [7, 11) is 0. The molecule has 2 atom stereocenters. The zero-order valence-corrected chi connectivity index (χ0v) is 12.6. The maximum absolute atomic E-state index is 5.75. The summed E-state index contributed by atoms with van der Waals surface area (Å²) >= 11 is 0. The fourth-order valence-electron chi connectivity index (χ4n) is 2.75. The summed E-state index contributed by atoms with van der Waals surface area (Å²) in [6, 6.07) is 0. The molecule has 1 N–H and O–H groups in total. The second-order valence-corrected chi connectivity index (χ2v) is 5.65. The molecule has 0 spiro atoms. The Morgan fingerprint density at radius 1 is 1.38 bits per heavy atom. The van der Waals surface area contributed by atoms with Gasteiger partial charge in [-0.05, 0) is 19.8 Å². The smallest absolute Gasteiger partial charge is 0.180 e. The highest BCUT2D eigenvalue weighted by atomic mass is 16.5. The minimum atomic E-state index is -0.0399. The number of aromatic nitrogens is 3. The van der Waals surface area contributed by atoms with Crippen LogP contribution in [0.25, 0.3) is 0 Å². The quantitative estimate of drug-likeness (QED) is 0.778. The van der Waals surface area contributed by atoms with Crippen molar-refractivity contribution < 1.29 is 14.2 Å². The van der Waals surface area contributed by atoms with Gasteiger partial charge in [-0.3, -0.25) is 10.00 Å². The van der Waals surface area contributed by atoms with Crippen LogP contribution in [0.4, 0.5) is 0 Å². The van der Waals surface area contributed by atoms with Gasteiger partial charge in [-0.15, -0.1) is 0 Å². The number of aromatic amines is 1. The van der Waals surface area contributed by atoms with Crippen molar-refractivity contribution >= 4 is 0 Å².